The van der Waals surface area contributed by atoms with Gasteiger partial charge < -0.3 is 0 Å². The van der Waals surface area contributed by atoms with Gasteiger partial charge in [0.2, 0.25) is 0 Å². The van der Waals surface area contributed by atoms with Gasteiger partial charge in [-0.25, -0.2) is 0 Å². The third kappa shape index (κ3) is 1.89. The number of pyridine rings is 1. The van der Waals surface area contributed by atoms with Gasteiger partial charge in [-0.15, -0.1) is 0 Å². The Morgan fingerprint density at radius 1 is 1.36 bits per heavy atom. The van der Waals surface area contributed by atoms with Crippen LogP contribution in [0.15, 0.2) is 30.5 Å². The summed E-state index contributed by atoms with van der Waals surface area (Å²) in [7, 11) is 2.06. The molecule has 2 nitrogen and oxygen atoms in total. The second kappa shape index (κ2) is 3.99. The van der Waals surface area contributed by atoms with Gasteiger partial charge in [0.05, 0.1) is 24.0 Å². The van der Waals surface area contributed by atoms with Gasteiger partial charge in [-0.1, -0.05) is 17.6 Å². The Morgan fingerprint density at radius 2 is 2.21 bits per heavy atom. The molecule has 0 atom stereocenters. The first-order chi connectivity index (χ1) is 6.79. The number of halogens is 1. The number of rotatable bonds is 2. The van der Waals surface area contributed by atoms with Crippen molar-refractivity contribution in [2.24, 2.45) is 0 Å². The van der Waals surface area contributed by atoms with Crippen LogP contribution < -0.4 is 5.46 Å². The highest BCUT2D eigenvalue weighted by Crippen LogP contribution is 2.12. The molecule has 0 saturated heterocycles. The smallest absolute Gasteiger partial charge is 0.139 e. The SMILES string of the molecule is Bc1ccc2ncc(COCl)cc2c1. The summed E-state index contributed by atoms with van der Waals surface area (Å²) in [6.07, 6.45) is 1.78. The minimum atomic E-state index is 0.387. The lowest BCUT2D eigenvalue weighted by molar-refractivity contribution is 0.340. The zero-order valence-electron chi connectivity index (χ0n) is 7.83. The molecule has 14 heavy (non-hydrogen) atoms. The number of nitrogens with zero attached hydrogens (tertiary/aromatic N) is 1. The second-order valence-electron chi connectivity index (χ2n) is 3.29. The molecule has 0 aliphatic heterocycles. The molecule has 4 heteroatoms. The second-order valence-corrected chi connectivity index (χ2v) is 3.51. The van der Waals surface area contributed by atoms with Crippen molar-refractivity contribution in [1.29, 1.82) is 0 Å². The van der Waals surface area contributed by atoms with E-state index in [4.69, 9.17) is 11.9 Å². The normalized spacial score (nSPS) is 10.6. The summed E-state index contributed by atoms with van der Waals surface area (Å²) in [5.41, 5.74) is 3.20. The van der Waals surface area contributed by atoms with E-state index in [0.29, 0.717) is 6.61 Å². The topological polar surface area (TPSA) is 22.1 Å². The number of hydrogen-bond donors (Lipinski definition) is 0. The van der Waals surface area contributed by atoms with Crippen LogP contribution in [0.5, 0.6) is 0 Å². The third-order valence-electron chi connectivity index (χ3n) is 2.11. The van der Waals surface area contributed by atoms with Gasteiger partial charge in [0.15, 0.2) is 0 Å². The molecule has 0 spiro atoms. The molecule has 70 valence electrons. The first-order valence-electron chi connectivity index (χ1n) is 4.38. The molecule has 0 N–H and O–H groups in total. The van der Waals surface area contributed by atoms with Crippen LogP contribution in [0.25, 0.3) is 10.9 Å². The van der Waals surface area contributed by atoms with Crippen LogP contribution in [-0.4, -0.2) is 12.8 Å². The fourth-order valence-corrected chi connectivity index (χ4v) is 1.56. The van der Waals surface area contributed by atoms with E-state index in [9.17, 15) is 0 Å². The molecule has 1 heterocycles. The fourth-order valence-electron chi connectivity index (χ4n) is 1.44. The van der Waals surface area contributed by atoms with Gasteiger partial charge in [0, 0.05) is 6.20 Å². The molecular formula is C10H9BClNO. The molecule has 0 fully saturated rings. The highest BCUT2D eigenvalue weighted by Gasteiger charge is 1.98. The van der Waals surface area contributed by atoms with Crippen LogP contribution in [0.1, 0.15) is 5.56 Å². The van der Waals surface area contributed by atoms with Crippen molar-refractivity contribution in [1.82, 2.24) is 4.98 Å². The van der Waals surface area contributed by atoms with E-state index < -0.39 is 0 Å². The number of benzene rings is 1. The highest BCUT2D eigenvalue weighted by molar-refractivity contribution is 6.33. The van der Waals surface area contributed by atoms with Crippen molar-refractivity contribution in [3.05, 3.63) is 36.0 Å². The Balaban J connectivity index is 2.52. The van der Waals surface area contributed by atoms with Crippen molar-refractivity contribution in [3.8, 4) is 0 Å². The minimum Gasteiger partial charge on any atom is -0.274 e. The van der Waals surface area contributed by atoms with Gasteiger partial charge in [-0.05, 0) is 23.1 Å². The van der Waals surface area contributed by atoms with Crippen LogP contribution in [0, 0.1) is 0 Å². The quantitative estimate of drug-likeness (QED) is 0.687. The van der Waals surface area contributed by atoms with Gasteiger partial charge in [0.1, 0.15) is 7.85 Å². The Hall–Kier alpha value is -1.06. The average Bonchev–Trinajstić information content (AvgIpc) is 2.17. The average molecular weight is 205 g/mol. The number of aromatic nitrogens is 1. The summed E-state index contributed by atoms with van der Waals surface area (Å²) < 4.78 is 4.54. The van der Waals surface area contributed by atoms with Gasteiger partial charge >= 0.3 is 0 Å². The summed E-state index contributed by atoms with van der Waals surface area (Å²) in [5.74, 6) is 0. The lowest BCUT2D eigenvalue weighted by Crippen LogP contribution is -2.00. The van der Waals surface area contributed by atoms with Crippen molar-refractivity contribution in [2.75, 3.05) is 0 Å². The zero-order chi connectivity index (χ0) is 9.97. The predicted octanol–water partition coefficient (Wildman–Crippen LogP) is 1.16. The maximum absolute atomic E-state index is 5.19. The number of fused-ring (bicyclic) bond motifs is 1. The van der Waals surface area contributed by atoms with E-state index in [0.717, 1.165) is 16.5 Å². The molecule has 0 amide bonds. The maximum atomic E-state index is 5.19. The van der Waals surface area contributed by atoms with E-state index in [2.05, 4.69) is 23.2 Å². The summed E-state index contributed by atoms with van der Waals surface area (Å²) in [5, 5.41) is 1.12. The summed E-state index contributed by atoms with van der Waals surface area (Å²) in [6.45, 7) is 0.387. The van der Waals surface area contributed by atoms with E-state index in [1.165, 1.54) is 5.46 Å². The lowest BCUT2D eigenvalue weighted by Gasteiger charge is -2.01. The third-order valence-corrected chi connectivity index (χ3v) is 2.22. The molecule has 0 radical (unpaired) electrons. The molecule has 2 rings (SSSR count). The largest absolute Gasteiger partial charge is 0.274 e. The Kier molecular flexibility index (Phi) is 2.70. The van der Waals surface area contributed by atoms with E-state index >= 15 is 0 Å². The molecule has 0 aliphatic carbocycles. The molecule has 1 aromatic carbocycles. The van der Waals surface area contributed by atoms with Gasteiger partial charge in [0.25, 0.3) is 0 Å². The summed E-state index contributed by atoms with van der Waals surface area (Å²) >= 11 is 5.19. The van der Waals surface area contributed by atoms with Gasteiger partial charge in [-0.3, -0.25) is 9.27 Å². The van der Waals surface area contributed by atoms with Crippen molar-refractivity contribution >= 4 is 36.1 Å². The Morgan fingerprint density at radius 3 is 3.00 bits per heavy atom. The fraction of sp³-hybridized carbons (Fsp3) is 0.100. The first-order valence-corrected chi connectivity index (χ1v) is 4.69. The zero-order valence-corrected chi connectivity index (χ0v) is 8.58. The first kappa shape index (κ1) is 9.50. The van der Waals surface area contributed by atoms with Crippen molar-refractivity contribution < 1.29 is 4.29 Å². The van der Waals surface area contributed by atoms with Crippen LogP contribution in [-0.2, 0) is 10.9 Å². The van der Waals surface area contributed by atoms with E-state index in [-0.39, 0.29) is 0 Å². The minimum absolute atomic E-state index is 0.387. The van der Waals surface area contributed by atoms with Crippen LogP contribution in [0.2, 0.25) is 0 Å². The molecule has 0 bridgehead atoms. The van der Waals surface area contributed by atoms with Crippen LogP contribution in [0.3, 0.4) is 0 Å². The standard InChI is InChI=1S/C10H9BClNO/c11-9-1-2-10-8(4-9)3-7(5-13-10)6-14-12/h1-5H,6,11H2. The molecule has 0 unspecified atom stereocenters. The van der Waals surface area contributed by atoms with Gasteiger partial charge in [-0.2, -0.15) is 0 Å². The van der Waals surface area contributed by atoms with Crippen molar-refractivity contribution in [3.63, 3.8) is 0 Å². The van der Waals surface area contributed by atoms with E-state index in [1.807, 2.05) is 18.2 Å². The number of hydrogen-bond acceptors (Lipinski definition) is 2. The van der Waals surface area contributed by atoms with Crippen LogP contribution in [0.4, 0.5) is 0 Å². The Bertz CT molecular complexity index is 461. The molecule has 1 aromatic heterocycles. The monoisotopic (exact) mass is 205 g/mol. The molecule has 2 aromatic rings. The predicted molar refractivity (Wildman–Crippen MR) is 60.6 cm³/mol. The Labute approximate surface area is 88.4 Å². The molecule has 0 aliphatic rings. The van der Waals surface area contributed by atoms with Crippen LogP contribution >= 0.6 is 11.9 Å². The summed E-state index contributed by atoms with van der Waals surface area (Å²) in [4.78, 5) is 4.30. The molecule has 0 saturated carbocycles. The lowest BCUT2D eigenvalue weighted by atomic mass is 9.94. The van der Waals surface area contributed by atoms with E-state index in [1.54, 1.807) is 6.20 Å². The summed E-state index contributed by atoms with van der Waals surface area (Å²) in [6, 6.07) is 8.20. The highest BCUT2D eigenvalue weighted by atomic mass is 35.5. The molecular weight excluding hydrogens is 196 g/mol. The maximum Gasteiger partial charge on any atom is 0.139 e. The van der Waals surface area contributed by atoms with Crippen molar-refractivity contribution in [2.45, 2.75) is 6.61 Å².